The summed E-state index contributed by atoms with van der Waals surface area (Å²) >= 11 is 0. The Balaban J connectivity index is 0.00000210. The second-order valence-electron chi connectivity index (χ2n) is 7.96. The molecule has 1 saturated heterocycles. The van der Waals surface area contributed by atoms with E-state index in [0.717, 1.165) is 38.9 Å². The van der Waals surface area contributed by atoms with E-state index in [1.807, 2.05) is 0 Å². The third-order valence-corrected chi connectivity index (χ3v) is 6.08. The quantitative estimate of drug-likeness (QED) is 0.796. The maximum atomic E-state index is 12.7. The molecule has 0 radical (unpaired) electrons. The van der Waals surface area contributed by atoms with Crippen LogP contribution < -0.4 is 10.6 Å². The Morgan fingerprint density at radius 2 is 1.93 bits per heavy atom. The van der Waals surface area contributed by atoms with Crippen LogP contribution in [0.1, 0.15) is 30.7 Å². The van der Waals surface area contributed by atoms with Crippen molar-refractivity contribution in [1.82, 2.24) is 10.6 Å². The molecule has 1 aliphatic carbocycles. The molecule has 1 saturated carbocycles. The van der Waals surface area contributed by atoms with E-state index in [2.05, 4.69) is 53.1 Å². The molecule has 2 aromatic carbocycles. The van der Waals surface area contributed by atoms with Crippen LogP contribution in [0.25, 0.3) is 10.8 Å². The highest BCUT2D eigenvalue weighted by Crippen LogP contribution is 2.48. The maximum absolute atomic E-state index is 12.7. The highest BCUT2D eigenvalue weighted by molar-refractivity contribution is 5.86. The number of rotatable bonds is 6. The predicted molar refractivity (Wildman–Crippen MR) is 111 cm³/mol. The van der Waals surface area contributed by atoms with Crippen LogP contribution in [0.3, 0.4) is 0 Å². The highest BCUT2D eigenvalue weighted by atomic mass is 35.5. The fraction of sp³-hybridized carbons (Fsp3) is 0.500. The van der Waals surface area contributed by atoms with E-state index in [1.54, 1.807) is 7.11 Å². The Hall–Kier alpha value is -1.62. The average molecular weight is 389 g/mol. The molecule has 27 heavy (non-hydrogen) atoms. The highest BCUT2D eigenvalue weighted by Gasteiger charge is 2.44. The fourth-order valence-electron chi connectivity index (χ4n) is 4.33. The average Bonchev–Trinajstić information content (AvgIpc) is 3.48. The Kier molecular flexibility index (Phi) is 6.40. The lowest BCUT2D eigenvalue weighted by atomic mass is 9.79. The lowest BCUT2D eigenvalue weighted by Crippen LogP contribution is -2.47. The number of fused-ring (bicyclic) bond motifs is 1. The monoisotopic (exact) mass is 388 g/mol. The molecular weight excluding hydrogens is 360 g/mol. The summed E-state index contributed by atoms with van der Waals surface area (Å²) in [5.74, 6) is 0.695. The number of carbonyl (C=O) groups is 1. The SMILES string of the molecule is COCC1(CNC(=O)C2CC2c2ccc3ccccc3c2)CCNCC1.Cl. The molecule has 2 N–H and O–H groups in total. The molecule has 2 unspecified atom stereocenters. The molecule has 5 heteroatoms. The van der Waals surface area contributed by atoms with E-state index in [4.69, 9.17) is 4.74 Å². The number of benzene rings is 2. The van der Waals surface area contributed by atoms with Crippen LogP contribution in [0.4, 0.5) is 0 Å². The molecule has 0 bridgehead atoms. The maximum Gasteiger partial charge on any atom is 0.223 e. The van der Waals surface area contributed by atoms with Crippen LogP contribution in [0.15, 0.2) is 42.5 Å². The molecule has 4 rings (SSSR count). The summed E-state index contributed by atoms with van der Waals surface area (Å²) in [6, 6.07) is 15.0. The van der Waals surface area contributed by atoms with Crippen molar-refractivity contribution in [3.63, 3.8) is 0 Å². The molecule has 2 atom stereocenters. The first-order chi connectivity index (χ1) is 12.7. The summed E-state index contributed by atoms with van der Waals surface area (Å²) in [7, 11) is 1.75. The number of amides is 1. The van der Waals surface area contributed by atoms with Gasteiger partial charge in [-0.15, -0.1) is 12.4 Å². The smallest absolute Gasteiger partial charge is 0.223 e. The number of piperidine rings is 1. The van der Waals surface area contributed by atoms with Crippen LogP contribution in [0.5, 0.6) is 0 Å². The number of nitrogens with one attached hydrogen (secondary N) is 2. The summed E-state index contributed by atoms with van der Waals surface area (Å²) in [5, 5.41) is 9.14. The minimum absolute atomic E-state index is 0. The standard InChI is InChI=1S/C22H28N2O2.ClH/c1-26-15-22(8-10-23-11-9-22)14-24-21(25)20-13-19(20)18-7-6-16-4-2-3-5-17(16)12-18;/h2-7,12,19-20,23H,8-11,13-15H2,1H3,(H,24,25);1H. The van der Waals surface area contributed by atoms with E-state index in [9.17, 15) is 4.79 Å². The van der Waals surface area contributed by atoms with Gasteiger partial charge in [0, 0.05) is 25.0 Å². The van der Waals surface area contributed by atoms with Crippen molar-refractivity contribution in [2.45, 2.75) is 25.2 Å². The van der Waals surface area contributed by atoms with Crippen LogP contribution >= 0.6 is 12.4 Å². The molecule has 1 aliphatic heterocycles. The van der Waals surface area contributed by atoms with E-state index in [1.165, 1.54) is 16.3 Å². The van der Waals surface area contributed by atoms with Crippen molar-refractivity contribution in [2.75, 3.05) is 33.4 Å². The van der Waals surface area contributed by atoms with E-state index < -0.39 is 0 Å². The first kappa shape index (κ1) is 20.1. The van der Waals surface area contributed by atoms with Crippen molar-refractivity contribution in [3.8, 4) is 0 Å². The van der Waals surface area contributed by atoms with Gasteiger partial charge in [0.05, 0.1) is 6.61 Å². The number of hydrogen-bond acceptors (Lipinski definition) is 3. The Morgan fingerprint density at radius 1 is 1.19 bits per heavy atom. The van der Waals surface area contributed by atoms with Crippen LogP contribution in [-0.2, 0) is 9.53 Å². The van der Waals surface area contributed by atoms with Gasteiger partial charge in [-0.25, -0.2) is 0 Å². The third kappa shape index (κ3) is 4.45. The molecule has 4 nitrogen and oxygen atoms in total. The summed E-state index contributed by atoms with van der Waals surface area (Å²) in [6.45, 7) is 3.45. The largest absolute Gasteiger partial charge is 0.384 e. The van der Waals surface area contributed by atoms with Crippen LogP contribution in [0, 0.1) is 11.3 Å². The van der Waals surface area contributed by atoms with Gasteiger partial charge in [-0.05, 0) is 54.6 Å². The Morgan fingerprint density at radius 3 is 2.67 bits per heavy atom. The molecule has 0 spiro atoms. The summed E-state index contributed by atoms with van der Waals surface area (Å²) in [4.78, 5) is 12.7. The van der Waals surface area contributed by atoms with Crippen molar-refractivity contribution in [1.29, 1.82) is 0 Å². The van der Waals surface area contributed by atoms with Gasteiger partial charge in [-0.1, -0.05) is 42.5 Å². The summed E-state index contributed by atoms with van der Waals surface area (Å²) in [6.07, 6.45) is 3.07. The second kappa shape index (κ2) is 8.59. The fourth-order valence-corrected chi connectivity index (χ4v) is 4.33. The van der Waals surface area contributed by atoms with Crippen molar-refractivity contribution in [3.05, 3.63) is 48.0 Å². The number of ether oxygens (including phenoxy) is 1. The first-order valence-corrected chi connectivity index (χ1v) is 9.67. The molecule has 2 aliphatic rings. The van der Waals surface area contributed by atoms with Crippen molar-refractivity contribution >= 4 is 29.1 Å². The number of methoxy groups -OCH3 is 1. The van der Waals surface area contributed by atoms with Gasteiger partial charge in [-0.2, -0.15) is 0 Å². The van der Waals surface area contributed by atoms with Gasteiger partial charge in [0.1, 0.15) is 0 Å². The lowest BCUT2D eigenvalue weighted by molar-refractivity contribution is -0.123. The Labute approximate surface area is 167 Å². The zero-order valence-corrected chi connectivity index (χ0v) is 16.7. The predicted octanol–water partition coefficient (Wildman–Crippen LogP) is 3.50. The molecular formula is C22H29ClN2O2. The van der Waals surface area contributed by atoms with E-state index in [0.29, 0.717) is 12.5 Å². The third-order valence-electron chi connectivity index (χ3n) is 6.08. The normalized spacial score (nSPS) is 23.4. The van der Waals surface area contributed by atoms with Crippen molar-refractivity contribution < 1.29 is 9.53 Å². The summed E-state index contributed by atoms with van der Waals surface area (Å²) in [5.41, 5.74) is 1.38. The second-order valence-corrected chi connectivity index (χ2v) is 7.96. The van der Waals surface area contributed by atoms with Crippen molar-refractivity contribution in [2.24, 2.45) is 11.3 Å². The molecule has 146 valence electrons. The minimum Gasteiger partial charge on any atom is -0.384 e. The topological polar surface area (TPSA) is 50.4 Å². The molecule has 2 fully saturated rings. The van der Waals surface area contributed by atoms with Gasteiger partial charge in [0.15, 0.2) is 0 Å². The first-order valence-electron chi connectivity index (χ1n) is 9.67. The molecule has 1 amide bonds. The number of hydrogen-bond donors (Lipinski definition) is 2. The Bertz CT molecular complexity index is 783. The lowest BCUT2D eigenvalue weighted by Gasteiger charge is -2.37. The zero-order chi connectivity index (χ0) is 18.0. The number of halogens is 1. The molecule has 1 heterocycles. The van der Waals surface area contributed by atoms with E-state index in [-0.39, 0.29) is 29.6 Å². The van der Waals surface area contributed by atoms with Crippen LogP contribution in [0.2, 0.25) is 0 Å². The number of carbonyl (C=O) groups excluding carboxylic acids is 1. The summed E-state index contributed by atoms with van der Waals surface area (Å²) < 4.78 is 5.45. The molecule has 2 aromatic rings. The van der Waals surface area contributed by atoms with Gasteiger partial charge in [0.2, 0.25) is 5.91 Å². The van der Waals surface area contributed by atoms with Gasteiger partial charge >= 0.3 is 0 Å². The van der Waals surface area contributed by atoms with Gasteiger partial charge < -0.3 is 15.4 Å². The minimum atomic E-state index is 0. The van der Waals surface area contributed by atoms with Gasteiger partial charge in [0.25, 0.3) is 0 Å². The molecule has 0 aromatic heterocycles. The van der Waals surface area contributed by atoms with E-state index >= 15 is 0 Å². The zero-order valence-electron chi connectivity index (χ0n) is 15.9. The van der Waals surface area contributed by atoms with Gasteiger partial charge in [-0.3, -0.25) is 4.79 Å². The van der Waals surface area contributed by atoms with Crippen LogP contribution in [-0.4, -0.2) is 39.3 Å².